The summed E-state index contributed by atoms with van der Waals surface area (Å²) in [6.07, 6.45) is 3.93. The van der Waals surface area contributed by atoms with Crippen LogP contribution in [0.4, 0.5) is 0 Å². The maximum absolute atomic E-state index is 13.4. The summed E-state index contributed by atoms with van der Waals surface area (Å²) in [6.45, 7) is 8.91. The van der Waals surface area contributed by atoms with Crippen LogP contribution in [0.25, 0.3) is 0 Å². The van der Waals surface area contributed by atoms with Crippen LogP contribution in [0, 0.1) is 0 Å². The maximum atomic E-state index is 13.4. The van der Waals surface area contributed by atoms with Crippen LogP contribution in [-0.2, 0) is 20.4 Å². The number of benzene rings is 4. The van der Waals surface area contributed by atoms with Gasteiger partial charge in [-0.2, -0.15) is 0 Å². The number of carbonyl (C=O) groups excluding carboxylic acids is 2. The van der Waals surface area contributed by atoms with Crippen molar-refractivity contribution in [3.8, 4) is 0 Å². The minimum absolute atomic E-state index is 0.0250. The van der Waals surface area contributed by atoms with Crippen molar-refractivity contribution in [3.63, 3.8) is 0 Å². The Labute approximate surface area is 275 Å². The lowest BCUT2D eigenvalue weighted by Crippen LogP contribution is -2.44. The van der Waals surface area contributed by atoms with Gasteiger partial charge in [0.2, 0.25) is 11.8 Å². The van der Waals surface area contributed by atoms with E-state index in [1.807, 2.05) is 135 Å². The van der Waals surface area contributed by atoms with Crippen LogP contribution >= 0.6 is 0 Å². The van der Waals surface area contributed by atoms with Crippen LogP contribution in [-0.4, -0.2) is 51.1 Å². The highest BCUT2D eigenvalue weighted by Gasteiger charge is 2.37. The second-order valence-electron chi connectivity index (χ2n) is 12.1. The van der Waals surface area contributed by atoms with E-state index in [1.54, 1.807) is 0 Å². The number of amides is 2. The molecule has 4 rings (SSSR count). The summed E-state index contributed by atoms with van der Waals surface area (Å²) in [5.74, 6) is 0.0499. The van der Waals surface area contributed by atoms with E-state index in [0.717, 1.165) is 74.1 Å². The Hall–Kier alpha value is -4.26. The first kappa shape index (κ1) is 34.6. The molecule has 4 aromatic rings. The molecule has 0 aliphatic rings. The van der Waals surface area contributed by atoms with Crippen molar-refractivity contribution >= 4 is 11.8 Å². The van der Waals surface area contributed by atoms with Crippen molar-refractivity contribution in [2.75, 3.05) is 39.3 Å². The average molecular weight is 619 g/mol. The van der Waals surface area contributed by atoms with Crippen LogP contribution in [0.3, 0.4) is 0 Å². The molecule has 0 unspecified atom stereocenters. The van der Waals surface area contributed by atoms with E-state index >= 15 is 0 Å². The number of hydrogen-bond donors (Lipinski definition) is 4. The van der Waals surface area contributed by atoms with E-state index in [1.165, 1.54) is 0 Å². The molecule has 4 N–H and O–H groups in total. The molecule has 6 nitrogen and oxygen atoms in total. The molecule has 46 heavy (non-hydrogen) atoms. The lowest BCUT2D eigenvalue weighted by Gasteiger charge is -2.29. The fraction of sp³-hybridized carbons (Fsp3) is 0.350. The number of unbranched alkanes of at least 4 members (excludes halogenated alkanes) is 1. The van der Waals surface area contributed by atoms with E-state index in [9.17, 15) is 9.59 Å². The molecule has 2 amide bonds. The third-order valence-electron chi connectivity index (χ3n) is 8.90. The van der Waals surface area contributed by atoms with Gasteiger partial charge in [-0.25, -0.2) is 0 Å². The first-order valence-corrected chi connectivity index (χ1v) is 16.7. The Bertz CT molecular complexity index is 1250. The molecule has 0 fully saturated rings. The van der Waals surface area contributed by atoms with Gasteiger partial charge in [0, 0.05) is 13.1 Å². The molecule has 0 saturated heterocycles. The van der Waals surface area contributed by atoms with E-state index in [4.69, 9.17) is 0 Å². The van der Waals surface area contributed by atoms with Crippen molar-refractivity contribution in [3.05, 3.63) is 144 Å². The van der Waals surface area contributed by atoms with E-state index < -0.39 is 10.8 Å². The molecule has 0 aliphatic heterocycles. The number of hydrogen-bond acceptors (Lipinski definition) is 4. The molecule has 6 heteroatoms. The largest absolute Gasteiger partial charge is 0.355 e. The zero-order chi connectivity index (χ0) is 32.5. The van der Waals surface area contributed by atoms with Crippen molar-refractivity contribution in [2.24, 2.45) is 0 Å². The third-order valence-corrected chi connectivity index (χ3v) is 8.90. The van der Waals surface area contributed by atoms with Gasteiger partial charge in [0.25, 0.3) is 0 Å². The third kappa shape index (κ3) is 9.15. The zero-order valence-electron chi connectivity index (χ0n) is 27.4. The Morgan fingerprint density at radius 1 is 0.413 bits per heavy atom. The monoisotopic (exact) mass is 618 g/mol. The molecular formula is C40H50N4O2. The highest BCUT2D eigenvalue weighted by atomic mass is 16.2. The van der Waals surface area contributed by atoms with Crippen molar-refractivity contribution in [2.45, 2.75) is 50.4 Å². The summed E-state index contributed by atoms with van der Waals surface area (Å²) >= 11 is 0. The fourth-order valence-corrected chi connectivity index (χ4v) is 5.88. The Morgan fingerprint density at radius 2 is 0.674 bits per heavy atom. The van der Waals surface area contributed by atoms with E-state index in [-0.39, 0.29) is 11.8 Å². The minimum atomic E-state index is -0.737. The SMILES string of the molecule is CC(C(=O)NCCCNCCCCNCCCNC(=O)C(C)(c1ccccc1)c1ccccc1)(c1ccccc1)c1ccccc1. The first-order valence-electron chi connectivity index (χ1n) is 16.7. The Kier molecular flexibility index (Phi) is 13.6. The molecule has 0 bridgehead atoms. The molecule has 0 saturated carbocycles. The van der Waals surface area contributed by atoms with Gasteiger partial charge >= 0.3 is 0 Å². The van der Waals surface area contributed by atoms with Crippen LogP contribution in [0.5, 0.6) is 0 Å². The second-order valence-corrected chi connectivity index (χ2v) is 12.1. The molecule has 0 atom stereocenters. The molecule has 0 heterocycles. The van der Waals surface area contributed by atoms with Gasteiger partial charge in [0.15, 0.2) is 0 Å². The van der Waals surface area contributed by atoms with Crippen LogP contribution in [0.1, 0.15) is 61.8 Å². The van der Waals surface area contributed by atoms with Gasteiger partial charge in [-0.3, -0.25) is 9.59 Å². The second kappa shape index (κ2) is 18.0. The highest BCUT2D eigenvalue weighted by molar-refractivity contribution is 5.92. The topological polar surface area (TPSA) is 82.3 Å². The molecule has 4 aromatic carbocycles. The number of nitrogens with one attached hydrogen (secondary N) is 4. The molecule has 0 aliphatic carbocycles. The molecule has 0 radical (unpaired) electrons. The standard InChI is InChI=1S/C40H50N4O2/c1-39(33-19-7-3-8-20-33,34-21-9-4-10-22-34)37(45)43-31-17-29-41-27-15-16-28-42-30-18-32-44-38(46)40(2,35-23-11-5-12-24-35)36-25-13-6-14-26-36/h3-14,19-26,41-42H,15-18,27-32H2,1-2H3,(H,43,45)(H,44,46). The quantitative estimate of drug-likeness (QED) is 0.0977. The van der Waals surface area contributed by atoms with Crippen LogP contribution in [0.15, 0.2) is 121 Å². The lowest BCUT2D eigenvalue weighted by atomic mass is 9.75. The van der Waals surface area contributed by atoms with Gasteiger partial charge in [0.1, 0.15) is 0 Å². The molecule has 242 valence electrons. The summed E-state index contributed by atoms with van der Waals surface area (Å²) < 4.78 is 0. The smallest absolute Gasteiger partial charge is 0.234 e. The summed E-state index contributed by atoms with van der Waals surface area (Å²) in [7, 11) is 0. The molecule has 0 spiro atoms. The van der Waals surface area contributed by atoms with Crippen molar-refractivity contribution in [1.82, 2.24) is 21.3 Å². The van der Waals surface area contributed by atoms with Gasteiger partial charge in [0.05, 0.1) is 10.8 Å². The first-order chi connectivity index (χ1) is 22.5. The van der Waals surface area contributed by atoms with Crippen molar-refractivity contribution in [1.29, 1.82) is 0 Å². The summed E-state index contributed by atoms with van der Waals surface area (Å²) in [6, 6.07) is 40.0. The Morgan fingerprint density at radius 3 is 0.957 bits per heavy atom. The number of rotatable bonds is 19. The fourth-order valence-electron chi connectivity index (χ4n) is 5.88. The van der Waals surface area contributed by atoms with Gasteiger partial charge in [-0.05, 0) is 88.0 Å². The average Bonchev–Trinajstić information content (AvgIpc) is 3.12. The minimum Gasteiger partial charge on any atom is -0.355 e. The van der Waals surface area contributed by atoms with Crippen LogP contribution in [0.2, 0.25) is 0 Å². The summed E-state index contributed by atoms with van der Waals surface area (Å²) in [4.78, 5) is 26.8. The van der Waals surface area contributed by atoms with Gasteiger partial charge in [-0.15, -0.1) is 0 Å². The predicted molar refractivity (Wildman–Crippen MR) is 189 cm³/mol. The van der Waals surface area contributed by atoms with Gasteiger partial charge < -0.3 is 21.3 Å². The molecular weight excluding hydrogens is 568 g/mol. The summed E-state index contributed by atoms with van der Waals surface area (Å²) in [5.41, 5.74) is 2.49. The van der Waals surface area contributed by atoms with Crippen molar-refractivity contribution < 1.29 is 9.59 Å². The van der Waals surface area contributed by atoms with E-state index in [2.05, 4.69) is 21.3 Å². The summed E-state index contributed by atoms with van der Waals surface area (Å²) in [5, 5.41) is 13.3. The number of carbonyl (C=O) groups is 2. The van der Waals surface area contributed by atoms with Crippen LogP contribution < -0.4 is 21.3 Å². The lowest BCUT2D eigenvalue weighted by molar-refractivity contribution is -0.125. The highest BCUT2D eigenvalue weighted by Crippen LogP contribution is 2.33. The maximum Gasteiger partial charge on any atom is 0.234 e. The Balaban J connectivity index is 1.06. The van der Waals surface area contributed by atoms with Gasteiger partial charge in [-0.1, -0.05) is 121 Å². The molecule has 0 aromatic heterocycles. The van der Waals surface area contributed by atoms with E-state index in [0.29, 0.717) is 13.1 Å². The predicted octanol–water partition coefficient (Wildman–Crippen LogP) is 5.97. The zero-order valence-corrected chi connectivity index (χ0v) is 27.4. The normalized spacial score (nSPS) is 11.6.